The van der Waals surface area contributed by atoms with E-state index in [9.17, 15) is 97.4 Å². The quantitative estimate of drug-likeness (QED) is 0.155. The molecule has 48 heavy (non-hydrogen) atoms. The lowest BCUT2D eigenvalue weighted by Crippen LogP contribution is -2.76. The molecule has 0 aliphatic carbocycles. The predicted octanol–water partition coefficient (Wildman–Crippen LogP) is 9.12. The molecule has 270 valence electrons. The van der Waals surface area contributed by atoms with E-state index < -0.39 is 82.4 Å². The van der Waals surface area contributed by atoms with E-state index >= 15 is 0 Å². The zero-order valence-corrected chi connectivity index (χ0v) is 22.6. The molecule has 0 aliphatic rings. The van der Waals surface area contributed by atoms with Crippen LogP contribution in [0, 0.1) is 0 Å². The summed E-state index contributed by atoms with van der Waals surface area (Å²) in [5.74, 6) is -81.9. The second-order valence-corrected chi connectivity index (χ2v) is 9.58. The Morgan fingerprint density at radius 3 is 1.10 bits per heavy atom. The lowest BCUT2D eigenvalue weighted by Gasteiger charge is -2.44. The fraction of sp³-hybridized carbons (Fsp3) is 0.440. The van der Waals surface area contributed by atoms with Gasteiger partial charge in [-0.3, -0.25) is 9.59 Å². The van der Waals surface area contributed by atoms with E-state index in [2.05, 4.69) is 5.32 Å². The van der Waals surface area contributed by atoms with Crippen molar-refractivity contribution in [2.75, 3.05) is 12.4 Å². The zero-order valence-electron chi connectivity index (χ0n) is 22.6. The van der Waals surface area contributed by atoms with Crippen molar-refractivity contribution in [3.8, 4) is 0 Å². The van der Waals surface area contributed by atoms with Gasteiger partial charge >= 0.3 is 59.7 Å². The van der Waals surface area contributed by atoms with E-state index in [1.807, 2.05) is 0 Å². The summed E-state index contributed by atoms with van der Waals surface area (Å²) in [6, 6.07) is 5.86. The SMILES string of the molecule is CNc1ccc(C(=O)c2ccc(C(=O)C(F)(F)C(F)(F)C(F)(F)C(F)(F)C(F)(F)C(F)(F)C(F)(F)C(F)(F)C(F)(F)C(F)F)cc2)cc1. The summed E-state index contributed by atoms with van der Waals surface area (Å²) in [7, 11) is 1.48. The number of alkyl halides is 20. The maximum Gasteiger partial charge on any atom is 0.386 e. The molecule has 0 saturated heterocycles. The molecule has 2 rings (SSSR count). The highest BCUT2D eigenvalue weighted by Crippen LogP contribution is 2.65. The molecule has 23 heteroatoms. The van der Waals surface area contributed by atoms with E-state index in [0.717, 1.165) is 0 Å². The van der Waals surface area contributed by atoms with Crippen LogP contribution in [0.1, 0.15) is 26.3 Å². The van der Waals surface area contributed by atoms with Crippen LogP contribution in [0.4, 0.5) is 93.5 Å². The Hall–Kier alpha value is -3.82. The van der Waals surface area contributed by atoms with Crippen LogP contribution < -0.4 is 5.32 Å². The maximum absolute atomic E-state index is 14.4. The minimum absolute atomic E-state index is 0.00634. The summed E-state index contributed by atoms with van der Waals surface area (Å²) in [5, 5.41) is 2.66. The molecule has 0 unspecified atom stereocenters. The number of hydrogen-bond donors (Lipinski definition) is 1. The molecule has 3 nitrogen and oxygen atoms in total. The van der Waals surface area contributed by atoms with Crippen LogP contribution in [0.15, 0.2) is 48.5 Å². The smallest absolute Gasteiger partial charge is 0.386 e. The lowest BCUT2D eigenvalue weighted by molar-refractivity contribution is -0.463. The van der Waals surface area contributed by atoms with Gasteiger partial charge in [-0.15, -0.1) is 0 Å². The van der Waals surface area contributed by atoms with E-state index in [1.54, 1.807) is 0 Å². The molecular formula is C25H13F20NO2. The summed E-state index contributed by atoms with van der Waals surface area (Å²) >= 11 is 0. The standard InChI is InChI=1S/C25H13F20NO2/c1-46-13-8-6-11(7-9-13)14(47)10-2-4-12(5-3-10)15(48)17(28,29)19(32,33)21(36,37)23(40,41)25(44,45)24(42,43)22(38,39)20(34,35)18(30,31)16(26)27/h2-9,16,46H,1H3. The monoisotopic (exact) mass is 739 g/mol. The summed E-state index contributed by atoms with van der Waals surface area (Å²) in [6.45, 7) is 0. The first kappa shape index (κ1) is 40.4. The van der Waals surface area contributed by atoms with Gasteiger partial charge in [0.25, 0.3) is 0 Å². The minimum atomic E-state index is -9.18. The van der Waals surface area contributed by atoms with E-state index in [4.69, 9.17) is 0 Å². The molecular weight excluding hydrogens is 726 g/mol. The van der Waals surface area contributed by atoms with E-state index in [0.29, 0.717) is 17.8 Å². The molecule has 0 fully saturated rings. The molecule has 2 aromatic rings. The number of ketones is 2. The first-order valence-electron chi connectivity index (χ1n) is 11.9. The van der Waals surface area contributed by atoms with Crippen LogP contribution in [0.25, 0.3) is 0 Å². The third-order valence-corrected chi connectivity index (χ3v) is 6.58. The van der Waals surface area contributed by atoms with Crippen molar-refractivity contribution in [1.82, 2.24) is 0 Å². The highest BCUT2D eigenvalue weighted by atomic mass is 19.4. The van der Waals surface area contributed by atoms with Crippen molar-refractivity contribution >= 4 is 17.3 Å². The summed E-state index contributed by atoms with van der Waals surface area (Å²) < 4.78 is 273. The number of halogens is 20. The average Bonchev–Trinajstić information content (AvgIpc) is 2.99. The van der Waals surface area contributed by atoms with Crippen molar-refractivity contribution in [3.05, 3.63) is 65.2 Å². The molecule has 2 aromatic carbocycles. The Labute approximate surface area is 252 Å². The van der Waals surface area contributed by atoms with Crippen LogP contribution in [-0.4, -0.2) is 78.3 Å². The van der Waals surface area contributed by atoms with Crippen molar-refractivity contribution < 1.29 is 97.4 Å². The molecule has 0 aliphatic heterocycles. The highest BCUT2D eigenvalue weighted by Gasteiger charge is 2.97. The van der Waals surface area contributed by atoms with Gasteiger partial charge in [-0.1, -0.05) is 24.3 Å². The van der Waals surface area contributed by atoms with Gasteiger partial charge in [-0.25, -0.2) is 8.78 Å². The fourth-order valence-electron chi connectivity index (χ4n) is 3.58. The molecule has 0 saturated carbocycles. The summed E-state index contributed by atoms with van der Waals surface area (Å²) in [6.07, 6.45) is -6.16. The number of nitrogens with one attached hydrogen (secondary N) is 1. The zero-order chi connectivity index (χ0) is 37.9. The lowest BCUT2D eigenvalue weighted by atomic mass is 9.85. The Balaban J connectivity index is 2.55. The third-order valence-electron chi connectivity index (χ3n) is 6.58. The topological polar surface area (TPSA) is 46.2 Å². The van der Waals surface area contributed by atoms with Crippen molar-refractivity contribution in [2.24, 2.45) is 0 Å². The van der Waals surface area contributed by atoms with Crippen LogP contribution in [0.3, 0.4) is 0 Å². The maximum atomic E-state index is 14.4. The van der Waals surface area contributed by atoms with Crippen LogP contribution in [-0.2, 0) is 0 Å². The van der Waals surface area contributed by atoms with Gasteiger partial charge in [0.05, 0.1) is 0 Å². The number of carbonyl (C=O) groups excluding carboxylic acids is 2. The Bertz CT molecular complexity index is 1500. The van der Waals surface area contributed by atoms with Gasteiger partial charge in [0.2, 0.25) is 5.78 Å². The number of rotatable bonds is 14. The highest BCUT2D eigenvalue weighted by molar-refractivity contribution is 6.10. The predicted molar refractivity (Wildman–Crippen MR) is 121 cm³/mol. The van der Waals surface area contributed by atoms with Gasteiger partial charge in [0.1, 0.15) is 0 Å². The van der Waals surface area contributed by atoms with Crippen molar-refractivity contribution in [1.29, 1.82) is 0 Å². The molecule has 0 spiro atoms. The van der Waals surface area contributed by atoms with Gasteiger partial charge in [0.15, 0.2) is 5.78 Å². The van der Waals surface area contributed by atoms with E-state index in [-0.39, 0.29) is 17.7 Å². The number of benzene rings is 2. The van der Waals surface area contributed by atoms with Crippen LogP contribution in [0.2, 0.25) is 0 Å². The normalized spacial score (nSPS) is 14.7. The van der Waals surface area contributed by atoms with E-state index in [1.165, 1.54) is 31.3 Å². The first-order valence-corrected chi connectivity index (χ1v) is 11.9. The van der Waals surface area contributed by atoms with Crippen molar-refractivity contribution in [3.63, 3.8) is 0 Å². The molecule has 0 bridgehead atoms. The largest absolute Gasteiger partial charge is 0.388 e. The van der Waals surface area contributed by atoms with Crippen molar-refractivity contribution in [2.45, 2.75) is 59.7 Å². The van der Waals surface area contributed by atoms with Crippen LogP contribution >= 0.6 is 0 Å². The van der Waals surface area contributed by atoms with Gasteiger partial charge in [0, 0.05) is 29.4 Å². The van der Waals surface area contributed by atoms with Gasteiger partial charge in [-0.05, 0) is 24.3 Å². The second kappa shape index (κ2) is 11.9. The first-order chi connectivity index (χ1) is 21.3. The molecule has 0 heterocycles. The fourth-order valence-corrected chi connectivity index (χ4v) is 3.58. The molecule has 0 amide bonds. The van der Waals surface area contributed by atoms with Gasteiger partial charge < -0.3 is 5.32 Å². The Kier molecular flexibility index (Phi) is 10.0. The van der Waals surface area contributed by atoms with Crippen LogP contribution in [0.5, 0.6) is 0 Å². The second-order valence-electron chi connectivity index (χ2n) is 9.58. The van der Waals surface area contributed by atoms with Gasteiger partial charge in [-0.2, -0.15) is 79.0 Å². The summed E-state index contributed by atoms with van der Waals surface area (Å²) in [4.78, 5) is 24.5. The third kappa shape index (κ3) is 5.49. The number of anilines is 1. The number of Topliss-reactive ketones (excluding diaryl/α,β-unsaturated/α-hetero) is 1. The molecule has 0 atom stereocenters. The summed E-state index contributed by atoms with van der Waals surface area (Å²) in [5.41, 5.74) is -2.07. The Morgan fingerprint density at radius 1 is 0.479 bits per heavy atom. The minimum Gasteiger partial charge on any atom is -0.388 e. The molecule has 0 aromatic heterocycles. The molecule has 1 N–H and O–H groups in total. The number of hydrogen-bond acceptors (Lipinski definition) is 3. The number of carbonyl (C=O) groups is 2. The Morgan fingerprint density at radius 2 is 0.771 bits per heavy atom. The average molecular weight is 739 g/mol. The molecule has 0 radical (unpaired) electrons.